The summed E-state index contributed by atoms with van der Waals surface area (Å²) in [5.41, 5.74) is 9.84. The van der Waals surface area contributed by atoms with E-state index in [1.807, 2.05) is 6.08 Å². The van der Waals surface area contributed by atoms with Crippen LogP contribution >= 0.6 is 0 Å². The molecule has 2 aliphatic heterocycles. The van der Waals surface area contributed by atoms with Crippen LogP contribution in [0.25, 0.3) is 5.57 Å². The van der Waals surface area contributed by atoms with E-state index in [2.05, 4.69) is 98.9 Å². The van der Waals surface area contributed by atoms with Gasteiger partial charge >= 0.3 is 0 Å². The molecular weight excluding hydrogens is 430 g/mol. The minimum absolute atomic E-state index is 0.722. The highest BCUT2D eigenvalue weighted by Gasteiger charge is 2.24. The second-order valence-corrected chi connectivity index (χ2v) is 9.54. The summed E-state index contributed by atoms with van der Waals surface area (Å²) in [6, 6.07) is 10.8. The lowest BCUT2D eigenvalue weighted by Crippen LogP contribution is -2.33. The minimum atomic E-state index is 0.722. The number of likely N-dealkylation sites (tertiary alicyclic amines) is 1. The Morgan fingerprint density at radius 1 is 1.09 bits per heavy atom. The fraction of sp³-hybridized carbons (Fsp3) is 0.419. The molecule has 4 heteroatoms. The van der Waals surface area contributed by atoms with E-state index in [0.717, 1.165) is 37.6 Å². The van der Waals surface area contributed by atoms with E-state index in [-0.39, 0.29) is 0 Å². The zero-order chi connectivity index (χ0) is 25.4. The molecule has 2 heterocycles. The number of ether oxygens (including phenoxy) is 1. The summed E-state index contributed by atoms with van der Waals surface area (Å²) in [6.07, 6.45) is 11.3. The number of hydrogen-bond acceptors (Lipinski definition) is 4. The van der Waals surface area contributed by atoms with Crippen LogP contribution in [0, 0.1) is 0 Å². The van der Waals surface area contributed by atoms with Crippen molar-refractivity contribution in [3.8, 4) is 0 Å². The Kier molecular flexibility index (Phi) is 9.47. The van der Waals surface area contributed by atoms with Crippen molar-refractivity contribution >= 4 is 5.57 Å². The Morgan fingerprint density at radius 2 is 1.77 bits per heavy atom. The summed E-state index contributed by atoms with van der Waals surface area (Å²) in [4.78, 5) is 4.88. The first-order valence-corrected chi connectivity index (χ1v) is 12.9. The average molecular weight is 474 g/mol. The molecule has 35 heavy (non-hydrogen) atoms. The Bertz CT molecular complexity index is 1050. The normalized spacial score (nSPS) is 17.0. The number of dihydropyridines is 1. The summed E-state index contributed by atoms with van der Waals surface area (Å²) >= 11 is 0. The van der Waals surface area contributed by atoms with Gasteiger partial charge in [-0.15, -0.1) is 0 Å². The lowest BCUT2D eigenvalue weighted by atomic mass is 9.94. The van der Waals surface area contributed by atoms with Crippen molar-refractivity contribution in [3.63, 3.8) is 0 Å². The van der Waals surface area contributed by atoms with Crippen LogP contribution < -0.4 is 5.32 Å². The predicted molar refractivity (Wildman–Crippen MR) is 149 cm³/mol. The molecule has 2 aliphatic rings. The van der Waals surface area contributed by atoms with Gasteiger partial charge in [0.2, 0.25) is 0 Å². The first kappa shape index (κ1) is 26.5. The first-order valence-electron chi connectivity index (χ1n) is 12.9. The van der Waals surface area contributed by atoms with Gasteiger partial charge in [0.25, 0.3) is 0 Å². The van der Waals surface area contributed by atoms with Crippen LogP contribution in [0.1, 0.15) is 58.9 Å². The number of hydrogen-bond donors (Lipinski definition) is 1. The van der Waals surface area contributed by atoms with Gasteiger partial charge in [-0.1, -0.05) is 61.6 Å². The van der Waals surface area contributed by atoms with Crippen LogP contribution in [0.5, 0.6) is 0 Å². The molecule has 0 aromatic heterocycles. The number of likely N-dealkylation sites (N-methyl/N-ethyl adjacent to an activating group) is 1. The highest BCUT2D eigenvalue weighted by atomic mass is 16.5. The molecule has 4 nitrogen and oxygen atoms in total. The first-order chi connectivity index (χ1) is 16.9. The predicted octanol–water partition coefficient (Wildman–Crippen LogP) is 7.00. The van der Waals surface area contributed by atoms with E-state index in [0.29, 0.717) is 0 Å². The molecule has 0 radical (unpaired) electrons. The number of allylic oxidation sites excluding steroid dienone is 7. The molecule has 1 saturated heterocycles. The largest absolute Gasteiger partial charge is 0.483 e. The molecule has 3 rings (SSSR count). The Hall–Kier alpha value is -3.14. The van der Waals surface area contributed by atoms with E-state index >= 15 is 0 Å². The van der Waals surface area contributed by atoms with Gasteiger partial charge in [-0.25, -0.2) is 0 Å². The van der Waals surface area contributed by atoms with Gasteiger partial charge in [0, 0.05) is 49.2 Å². The zero-order valence-electron chi connectivity index (χ0n) is 22.6. The van der Waals surface area contributed by atoms with Gasteiger partial charge in [0.1, 0.15) is 0 Å². The molecule has 0 bridgehead atoms. The molecule has 0 aliphatic carbocycles. The Balaban J connectivity index is 2.08. The maximum atomic E-state index is 5.35. The molecule has 0 spiro atoms. The van der Waals surface area contributed by atoms with Crippen molar-refractivity contribution in [1.29, 1.82) is 0 Å². The zero-order valence-corrected chi connectivity index (χ0v) is 22.6. The van der Waals surface area contributed by atoms with Gasteiger partial charge in [-0.2, -0.15) is 0 Å². The van der Waals surface area contributed by atoms with Crippen molar-refractivity contribution in [2.24, 2.45) is 0 Å². The van der Waals surface area contributed by atoms with E-state index in [4.69, 9.17) is 4.74 Å². The van der Waals surface area contributed by atoms with Gasteiger partial charge in [0.05, 0.1) is 12.8 Å². The number of nitrogens with one attached hydrogen (secondary N) is 1. The SMILES string of the molecule is C=C(C(C1=CC=C(OC)NC1)=C(C)C)N(C)/C(C)=C(\C(=C\CC)c1ccccc1)N1CCCCC1. The van der Waals surface area contributed by atoms with E-state index in [9.17, 15) is 0 Å². The number of benzene rings is 1. The van der Waals surface area contributed by atoms with Crippen LogP contribution in [-0.2, 0) is 4.74 Å². The number of piperidine rings is 1. The molecule has 0 atom stereocenters. The quantitative estimate of drug-likeness (QED) is 0.391. The third-order valence-corrected chi connectivity index (χ3v) is 6.89. The number of methoxy groups -OCH3 is 1. The molecule has 188 valence electrons. The lowest BCUT2D eigenvalue weighted by Gasteiger charge is -2.37. The van der Waals surface area contributed by atoms with E-state index < -0.39 is 0 Å². The third-order valence-electron chi connectivity index (χ3n) is 6.89. The van der Waals surface area contributed by atoms with Crippen LogP contribution in [0.2, 0.25) is 0 Å². The minimum Gasteiger partial charge on any atom is -0.483 e. The molecule has 0 amide bonds. The molecule has 1 N–H and O–H groups in total. The highest BCUT2D eigenvalue weighted by molar-refractivity contribution is 5.79. The second kappa shape index (κ2) is 12.5. The topological polar surface area (TPSA) is 27.7 Å². The standard InChI is InChI=1S/C31H43N3O/c1-8-15-28(26-16-11-9-12-17-26)31(34-20-13-10-14-21-34)25(5)33(6)24(4)30(23(2)3)27-18-19-29(35-7)32-22-27/h9,11-12,15-19,32H,4,8,10,13-14,20-22H2,1-3,5-7H3/b28-15+,31-25+. The molecule has 1 aromatic carbocycles. The Morgan fingerprint density at radius 3 is 2.31 bits per heavy atom. The fourth-order valence-electron chi connectivity index (χ4n) is 5.00. The summed E-state index contributed by atoms with van der Waals surface area (Å²) in [5.74, 6) is 0.793. The Labute approximate surface area is 213 Å². The van der Waals surface area contributed by atoms with E-state index in [1.54, 1.807) is 7.11 Å². The van der Waals surface area contributed by atoms with Crippen molar-refractivity contribution in [2.75, 3.05) is 33.8 Å². The summed E-state index contributed by atoms with van der Waals surface area (Å²) in [5, 5.41) is 3.36. The smallest absolute Gasteiger partial charge is 0.186 e. The summed E-state index contributed by atoms with van der Waals surface area (Å²) < 4.78 is 5.35. The molecule has 0 unspecified atom stereocenters. The number of rotatable bonds is 9. The lowest BCUT2D eigenvalue weighted by molar-refractivity contribution is 0.263. The van der Waals surface area contributed by atoms with Gasteiger partial charge in [-0.05, 0) is 63.7 Å². The third kappa shape index (κ3) is 6.30. The van der Waals surface area contributed by atoms with Crippen LogP contribution in [0.4, 0.5) is 0 Å². The van der Waals surface area contributed by atoms with Crippen molar-refractivity contribution < 1.29 is 4.74 Å². The maximum Gasteiger partial charge on any atom is 0.186 e. The maximum absolute atomic E-state index is 5.35. The van der Waals surface area contributed by atoms with Crippen LogP contribution in [-0.4, -0.2) is 43.6 Å². The van der Waals surface area contributed by atoms with Crippen molar-refractivity contribution in [3.05, 3.63) is 100 Å². The summed E-state index contributed by atoms with van der Waals surface area (Å²) in [7, 11) is 3.85. The highest BCUT2D eigenvalue weighted by Crippen LogP contribution is 2.35. The monoisotopic (exact) mass is 473 g/mol. The summed E-state index contributed by atoms with van der Waals surface area (Å²) in [6.45, 7) is 16.3. The van der Waals surface area contributed by atoms with Crippen LogP contribution in [0.3, 0.4) is 0 Å². The average Bonchev–Trinajstić information content (AvgIpc) is 2.89. The van der Waals surface area contributed by atoms with Gasteiger partial charge in [-0.3, -0.25) is 0 Å². The fourth-order valence-corrected chi connectivity index (χ4v) is 5.00. The van der Waals surface area contributed by atoms with Gasteiger partial charge < -0.3 is 19.9 Å². The molecular formula is C31H43N3O. The number of nitrogens with zero attached hydrogens (tertiary/aromatic N) is 2. The van der Waals surface area contributed by atoms with Crippen LogP contribution in [0.15, 0.2) is 94.8 Å². The molecule has 1 aromatic rings. The van der Waals surface area contributed by atoms with Gasteiger partial charge in [0.15, 0.2) is 5.88 Å². The van der Waals surface area contributed by atoms with Crippen molar-refractivity contribution in [1.82, 2.24) is 15.1 Å². The molecule has 1 fully saturated rings. The van der Waals surface area contributed by atoms with Crippen molar-refractivity contribution in [2.45, 2.75) is 53.4 Å². The second-order valence-electron chi connectivity index (χ2n) is 9.54. The molecule has 0 saturated carbocycles. The van der Waals surface area contributed by atoms with E-state index in [1.165, 1.54) is 58.5 Å².